The van der Waals surface area contributed by atoms with Gasteiger partial charge in [0, 0.05) is 11.8 Å². The first-order chi connectivity index (χ1) is 11.8. The average Bonchev–Trinajstić information content (AvgIpc) is 2.99. The normalized spacial score (nSPS) is 54.4. The van der Waals surface area contributed by atoms with Gasteiger partial charge in [-0.2, -0.15) is 0 Å². The van der Waals surface area contributed by atoms with E-state index in [0.717, 1.165) is 38.5 Å². The van der Waals surface area contributed by atoms with Gasteiger partial charge in [-0.25, -0.2) is 0 Å². The number of allylic oxidation sites excluding steroid dienone is 1. The number of carbonyl (C=O) groups is 2. The van der Waals surface area contributed by atoms with Crippen LogP contribution < -0.4 is 0 Å². The standard InChI is InChI=1S/C21H28O4/c1-19-7-5-13(22)9-12(19)3-4-14-15(19)6-8-20(2)16(14)10-18-21(20,24)17(23)11-25-18/h9,14-16,18,24H,3-8,10-11H2,1-2H3/t14-,15+,16+,18-,19-,20+,21-/m0/s1. The van der Waals surface area contributed by atoms with Crippen LogP contribution in [0.4, 0.5) is 0 Å². The van der Waals surface area contributed by atoms with Gasteiger partial charge in [0.15, 0.2) is 17.2 Å². The number of Topliss-reactive ketones (excluding diaryl/α,β-unsaturated/α-hetero) is 1. The van der Waals surface area contributed by atoms with Gasteiger partial charge < -0.3 is 9.84 Å². The van der Waals surface area contributed by atoms with E-state index in [1.165, 1.54) is 5.57 Å². The Balaban J connectivity index is 1.53. The van der Waals surface area contributed by atoms with Crippen LogP contribution in [0.3, 0.4) is 0 Å². The molecule has 0 amide bonds. The molecule has 1 saturated heterocycles. The van der Waals surface area contributed by atoms with Gasteiger partial charge in [-0.3, -0.25) is 9.59 Å². The first-order valence-electron chi connectivity index (χ1n) is 9.92. The predicted molar refractivity (Wildman–Crippen MR) is 91.8 cm³/mol. The molecular weight excluding hydrogens is 316 g/mol. The lowest BCUT2D eigenvalue weighted by molar-refractivity contribution is -0.159. The van der Waals surface area contributed by atoms with Crippen molar-refractivity contribution >= 4 is 11.6 Å². The monoisotopic (exact) mass is 344 g/mol. The second kappa shape index (κ2) is 4.83. The summed E-state index contributed by atoms with van der Waals surface area (Å²) in [5.41, 5.74) is -0.141. The van der Waals surface area contributed by atoms with Crippen LogP contribution in [0.1, 0.15) is 58.8 Å². The topological polar surface area (TPSA) is 63.6 Å². The molecule has 1 aliphatic heterocycles. The highest BCUT2D eigenvalue weighted by molar-refractivity contribution is 5.92. The summed E-state index contributed by atoms with van der Waals surface area (Å²) in [6.07, 6.45) is 8.06. The van der Waals surface area contributed by atoms with Crippen molar-refractivity contribution in [1.82, 2.24) is 0 Å². The summed E-state index contributed by atoms with van der Waals surface area (Å²) in [6, 6.07) is 0. The molecule has 136 valence electrons. The average molecular weight is 344 g/mol. The zero-order valence-electron chi connectivity index (χ0n) is 15.2. The van der Waals surface area contributed by atoms with E-state index in [9.17, 15) is 14.7 Å². The lowest BCUT2D eigenvalue weighted by Crippen LogP contribution is -2.58. The van der Waals surface area contributed by atoms with Crippen LogP contribution in [0.15, 0.2) is 11.6 Å². The summed E-state index contributed by atoms with van der Waals surface area (Å²) < 4.78 is 5.72. The third kappa shape index (κ3) is 1.76. The van der Waals surface area contributed by atoms with Crippen molar-refractivity contribution in [2.75, 3.05) is 6.61 Å². The first-order valence-corrected chi connectivity index (χ1v) is 9.92. The van der Waals surface area contributed by atoms with Gasteiger partial charge in [0.25, 0.3) is 0 Å². The van der Waals surface area contributed by atoms with Gasteiger partial charge in [0.05, 0.1) is 6.10 Å². The largest absolute Gasteiger partial charge is 0.379 e. The molecule has 5 aliphatic rings. The van der Waals surface area contributed by atoms with Crippen LogP contribution in [-0.2, 0) is 14.3 Å². The Bertz CT molecular complexity index is 696. The molecule has 1 N–H and O–H groups in total. The highest BCUT2D eigenvalue weighted by atomic mass is 16.5. The number of carbonyl (C=O) groups excluding carboxylic acids is 2. The molecule has 3 saturated carbocycles. The fraction of sp³-hybridized carbons (Fsp3) is 0.810. The van der Waals surface area contributed by atoms with Gasteiger partial charge in [-0.05, 0) is 67.8 Å². The smallest absolute Gasteiger partial charge is 0.193 e. The fourth-order valence-corrected chi connectivity index (χ4v) is 7.53. The molecule has 4 aliphatic carbocycles. The quantitative estimate of drug-likeness (QED) is 0.734. The Kier molecular flexibility index (Phi) is 3.13. The Morgan fingerprint density at radius 3 is 2.72 bits per heavy atom. The van der Waals surface area contributed by atoms with E-state index in [2.05, 4.69) is 13.8 Å². The van der Waals surface area contributed by atoms with Crippen molar-refractivity contribution in [1.29, 1.82) is 0 Å². The van der Waals surface area contributed by atoms with Crippen LogP contribution in [0.2, 0.25) is 0 Å². The van der Waals surface area contributed by atoms with Crippen LogP contribution in [0.5, 0.6) is 0 Å². The van der Waals surface area contributed by atoms with E-state index < -0.39 is 5.60 Å². The van der Waals surface area contributed by atoms with E-state index in [0.29, 0.717) is 24.2 Å². The summed E-state index contributed by atoms with van der Waals surface area (Å²) in [6.45, 7) is 4.57. The summed E-state index contributed by atoms with van der Waals surface area (Å²) in [4.78, 5) is 24.4. The zero-order chi connectivity index (χ0) is 17.6. The van der Waals surface area contributed by atoms with E-state index in [1.807, 2.05) is 6.08 Å². The van der Waals surface area contributed by atoms with Gasteiger partial charge in [-0.1, -0.05) is 19.4 Å². The third-order valence-corrected chi connectivity index (χ3v) is 9.00. The van der Waals surface area contributed by atoms with Crippen molar-refractivity contribution < 1.29 is 19.4 Å². The molecule has 0 aromatic heterocycles. The van der Waals surface area contributed by atoms with E-state index in [4.69, 9.17) is 4.74 Å². The van der Waals surface area contributed by atoms with Crippen molar-refractivity contribution in [2.45, 2.75) is 70.5 Å². The van der Waals surface area contributed by atoms with Crippen molar-refractivity contribution in [3.8, 4) is 0 Å². The molecule has 0 bridgehead atoms. The summed E-state index contributed by atoms with van der Waals surface area (Å²) >= 11 is 0. The Morgan fingerprint density at radius 1 is 1.12 bits per heavy atom. The van der Waals surface area contributed by atoms with Gasteiger partial charge >= 0.3 is 0 Å². The molecule has 0 aromatic rings. The molecule has 0 radical (unpaired) electrons. The number of hydrogen-bond acceptors (Lipinski definition) is 4. The van der Waals surface area contributed by atoms with E-state index in [-0.39, 0.29) is 35.1 Å². The minimum atomic E-state index is -1.28. The number of fused-ring (bicyclic) bond motifs is 7. The van der Waals surface area contributed by atoms with Crippen molar-refractivity contribution in [3.63, 3.8) is 0 Å². The molecular formula is C21H28O4. The highest BCUT2D eigenvalue weighted by Gasteiger charge is 2.72. The molecule has 1 heterocycles. The van der Waals surface area contributed by atoms with Crippen molar-refractivity contribution in [3.05, 3.63) is 11.6 Å². The van der Waals surface area contributed by atoms with E-state index >= 15 is 0 Å². The second-order valence-corrected chi connectivity index (χ2v) is 9.65. The van der Waals surface area contributed by atoms with Crippen LogP contribution in [-0.4, -0.2) is 35.0 Å². The Hall–Kier alpha value is -1.00. The Morgan fingerprint density at radius 2 is 1.92 bits per heavy atom. The number of rotatable bonds is 0. The van der Waals surface area contributed by atoms with E-state index in [1.54, 1.807) is 0 Å². The van der Waals surface area contributed by atoms with Gasteiger partial charge in [0.1, 0.15) is 6.61 Å². The molecule has 4 fully saturated rings. The minimum Gasteiger partial charge on any atom is -0.379 e. The first kappa shape index (κ1) is 16.2. The van der Waals surface area contributed by atoms with Crippen molar-refractivity contribution in [2.24, 2.45) is 28.6 Å². The molecule has 4 heteroatoms. The summed E-state index contributed by atoms with van der Waals surface area (Å²) in [5, 5.41) is 11.3. The lowest BCUT2D eigenvalue weighted by Gasteiger charge is -2.58. The third-order valence-electron chi connectivity index (χ3n) is 9.00. The molecule has 7 atom stereocenters. The highest BCUT2D eigenvalue weighted by Crippen LogP contribution is 2.68. The zero-order valence-corrected chi connectivity index (χ0v) is 15.2. The van der Waals surface area contributed by atoms with Gasteiger partial charge in [-0.15, -0.1) is 0 Å². The molecule has 5 rings (SSSR count). The summed E-state index contributed by atoms with van der Waals surface area (Å²) in [5.74, 6) is 1.62. The molecule has 0 spiro atoms. The minimum absolute atomic E-state index is 0.0737. The number of hydrogen-bond donors (Lipinski definition) is 1. The Labute approximate surface area is 149 Å². The molecule has 25 heavy (non-hydrogen) atoms. The number of aliphatic hydroxyl groups is 1. The summed E-state index contributed by atoms with van der Waals surface area (Å²) in [7, 11) is 0. The maximum Gasteiger partial charge on any atom is 0.193 e. The second-order valence-electron chi connectivity index (χ2n) is 9.65. The number of ether oxygens (including phenoxy) is 1. The molecule has 0 unspecified atom stereocenters. The fourth-order valence-electron chi connectivity index (χ4n) is 7.53. The lowest BCUT2D eigenvalue weighted by atomic mass is 9.46. The number of ketones is 2. The SMILES string of the molecule is C[C@]12CCC(=O)C=C1CC[C@H]1[C@H]2CC[C@]2(C)[C@@H]1C[C@@H]1OCC(=O)[C@]12O. The predicted octanol–water partition coefficient (Wildman–Crippen LogP) is 2.83. The van der Waals surface area contributed by atoms with Crippen LogP contribution in [0, 0.1) is 28.6 Å². The maximum absolute atomic E-state index is 12.5. The van der Waals surface area contributed by atoms with Gasteiger partial charge in [0.2, 0.25) is 0 Å². The molecule has 4 nitrogen and oxygen atoms in total. The van der Waals surface area contributed by atoms with Crippen LogP contribution >= 0.6 is 0 Å². The van der Waals surface area contributed by atoms with Crippen LogP contribution in [0.25, 0.3) is 0 Å². The maximum atomic E-state index is 12.5. The molecule has 0 aromatic carbocycles.